The zero-order valence-electron chi connectivity index (χ0n) is 9.58. The summed E-state index contributed by atoms with van der Waals surface area (Å²) >= 11 is 0. The lowest BCUT2D eigenvalue weighted by Gasteiger charge is -2.28. The van der Waals surface area contributed by atoms with E-state index in [1.165, 1.54) is 12.8 Å². The van der Waals surface area contributed by atoms with Crippen molar-refractivity contribution in [2.75, 3.05) is 6.54 Å². The van der Waals surface area contributed by atoms with Crippen molar-refractivity contribution in [1.82, 2.24) is 5.32 Å². The van der Waals surface area contributed by atoms with Gasteiger partial charge in [-0.3, -0.25) is 0 Å². The highest BCUT2D eigenvalue weighted by Crippen LogP contribution is 2.23. The molecule has 3 nitrogen and oxygen atoms in total. The molecule has 0 spiro atoms. The largest absolute Gasteiger partial charge is 0.393 e. The summed E-state index contributed by atoms with van der Waals surface area (Å²) in [6.45, 7) is 2.82. The minimum atomic E-state index is -0.193. The molecule has 2 N–H and O–H groups in total. The lowest BCUT2D eigenvalue weighted by atomic mass is 9.85. The summed E-state index contributed by atoms with van der Waals surface area (Å²) < 4.78 is 0. The van der Waals surface area contributed by atoms with E-state index in [4.69, 9.17) is 5.26 Å². The van der Waals surface area contributed by atoms with Crippen molar-refractivity contribution in [2.45, 2.75) is 57.6 Å². The molecule has 0 amide bonds. The minimum Gasteiger partial charge on any atom is -0.393 e. The van der Waals surface area contributed by atoms with E-state index in [0.717, 1.165) is 32.2 Å². The van der Waals surface area contributed by atoms with E-state index >= 15 is 0 Å². The van der Waals surface area contributed by atoms with Crippen LogP contribution in [0.4, 0.5) is 0 Å². The molecule has 1 saturated carbocycles. The van der Waals surface area contributed by atoms with Crippen molar-refractivity contribution in [2.24, 2.45) is 5.92 Å². The van der Waals surface area contributed by atoms with Crippen LogP contribution in [-0.2, 0) is 0 Å². The molecule has 0 aromatic rings. The summed E-state index contributed by atoms with van der Waals surface area (Å²) in [7, 11) is 0. The molecule has 3 atom stereocenters. The Bertz CT molecular complexity index is 212. The van der Waals surface area contributed by atoms with Gasteiger partial charge in [-0.05, 0) is 32.2 Å². The summed E-state index contributed by atoms with van der Waals surface area (Å²) in [6.07, 6.45) is 5.98. The van der Waals surface area contributed by atoms with Crippen LogP contribution >= 0.6 is 0 Å². The number of nitrogens with zero attached hydrogens (tertiary/aromatic N) is 1. The van der Waals surface area contributed by atoms with Crippen molar-refractivity contribution in [1.29, 1.82) is 5.26 Å². The summed E-state index contributed by atoms with van der Waals surface area (Å²) in [5, 5.41) is 21.8. The summed E-state index contributed by atoms with van der Waals surface area (Å²) in [5.41, 5.74) is 0. The molecule has 0 heterocycles. The standard InChI is InChI=1S/C12H22N2O/c1-2-11(15)7-8-14-12-6-4-3-5-10(12)9-13/h10-12,14-15H,2-8H2,1H3. The number of rotatable bonds is 5. The molecule has 86 valence electrons. The van der Waals surface area contributed by atoms with Gasteiger partial charge in [0.2, 0.25) is 0 Å². The maximum atomic E-state index is 9.41. The number of nitrogens with one attached hydrogen (secondary N) is 1. The minimum absolute atomic E-state index is 0.178. The first-order valence-electron chi connectivity index (χ1n) is 6.09. The summed E-state index contributed by atoms with van der Waals surface area (Å²) in [4.78, 5) is 0. The van der Waals surface area contributed by atoms with Crippen LogP contribution in [-0.4, -0.2) is 23.8 Å². The summed E-state index contributed by atoms with van der Waals surface area (Å²) in [6, 6.07) is 2.74. The van der Waals surface area contributed by atoms with E-state index in [2.05, 4.69) is 11.4 Å². The Hall–Kier alpha value is -0.590. The predicted octanol–water partition coefficient (Wildman–Crippen LogP) is 1.82. The number of aliphatic hydroxyl groups is 1. The van der Waals surface area contributed by atoms with Gasteiger partial charge in [0.1, 0.15) is 0 Å². The Kier molecular flexibility index (Phi) is 5.67. The SMILES string of the molecule is CCC(O)CCNC1CCCCC1C#N. The van der Waals surface area contributed by atoms with Crippen LogP contribution in [0.2, 0.25) is 0 Å². The number of aliphatic hydroxyl groups excluding tert-OH is 1. The zero-order valence-corrected chi connectivity index (χ0v) is 9.58. The first-order valence-corrected chi connectivity index (χ1v) is 6.09. The topological polar surface area (TPSA) is 56.0 Å². The van der Waals surface area contributed by atoms with Crippen LogP contribution in [0.25, 0.3) is 0 Å². The van der Waals surface area contributed by atoms with Gasteiger partial charge in [0.15, 0.2) is 0 Å². The monoisotopic (exact) mass is 210 g/mol. The molecule has 0 aliphatic heterocycles. The quantitative estimate of drug-likeness (QED) is 0.727. The van der Waals surface area contributed by atoms with Gasteiger partial charge in [-0.1, -0.05) is 19.8 Å². The third-order valence-corrected chi connectivity index (χ3v) is 3.29. The van der Waals surface area contributed by atoms with E-state index in [9.17, 15) is 5.11 Å². The Morgan fingerprint density at radius 3 is 2.87 bits per heavy atom. The van der Waals surface area contributed by atoms with E-state index < -0.39 is 0 Å². The molecule has 1 aliphatic carbocycles. The fourth-order valence-corrected chi connectivity index (χ4v) is 2.17. The van der Waals surface area contributed by atoms with Gasteiger partial charge < -0.3 is 10.4 Å². The first kappa shape index (κ1) is 12.5. The van der Waals surface area contributed by atoms with Crippen LogP contribution in [0, 0.1) is 17.2 Å². The van der Waals surface area contributed by atoms with Crippen molar-refractivity contribution >= 4 is 0 Å². The third-order valence-electron chi connectivity index (χ3n) is 3.29. The molecule has 1 fully saturated rings. The van der Waals surface area contributed by atoms with E-state index in [-0.39, 0.29) is 12.0 Å². The van der Waals surface area contributed by atoms with Gasteiger partial charge in [0.05, 0.1) is 18.1 Å². The highest BCUT2D eigenvalue weighted by atomic mass is 16.3. The highest BCUT2D eigenvalue weighted by Gasteiger charge is 2.24. The lowest BCUT2D eigenvalue weighted by molar-refractivity contribution is 0.156. The van der Waals surface area contributed by atoms with Crippen LogP contribution in [0.1, 0.15) is 45.4 Å². The van der Waals surface area contributed by atoms with E-state index in [0.29, 0.717) is 6.04 Å². The van der Waals surface area contributed by atoms with Crippen molar-refractivity contribution in [3.63, 3.8) is 0 Å². The second-order valence-electron chi connectivity index (χ2n) is 4.43. The molecule has 0 aromatic carbocycles. The summed E-state index contributed by atoms with van der Waals surface area (Å²) in [5.74, 6) is 0.178. The van der Waals surface area contributed by atoms with Gasteiger partial charge in [0.25, 0.3) is 0 Å². The Morgan fingerprint density at radius 2 is 2.20 bits per heavy atom. The second kappa shape index (κ2) is 6.81. The van der Waals surface area contributed by atoms with Gasteiger partial charge in [0, 0.05) is 6.04 Å². The van der Waals surface area contributed by atoms with Gasteiger partial charge in [-0.15, -0.1) is 0 Å². The highest BCUT2D eigenvalue weighted by molar-refractivity contribution is 4.94. The van der Waals surface area contributed by atoms with Crippen molar-refractivity contribution < 1.29 is 5.11 Å². The third kappa shape index (κ3) is 4.19. The fraction of sp³-hybridized carbons (Fsp3) is 0.917. The average molecular weight is 210 g/mol. The number of nitriles is 1. The molecule has 0 saturated heterocycles. The first-order chi connectivity index (χ1) is 7.27. The fourth-order valence-electron chi connectivity index (χ4n) is 2.17. The molecule has 0 bridgehead atoms. The lowest BCUT2D eigenvalue weighted by Crippen LogP contribution is -2.39. The molecule has 15 heavy (non-hydrogen) atoms. The molecular formula is C12H22N2O. The van der Waals surface area contributed by atoms with E-state index in [1.807, 2.05) is 6.92 Å². The number of hydrogen-bond acceptors (Lipinski definition) is 3. The molecule has 1 aliphatic rings. The van der Waals surface area contributed by atoms with Crippen LogP contribution in [0.3, 0.4) is 0 Å². The molecule has 3 unspecified atom stereocenters. The molecular weight excluding hydrogens is 188 g/mol. The Labute approximate surface area is 92.5 Å². The maximum Gasteiger partial charge on any atom is 0.0672 e. The van der Waals surface area contributed by atoms with Crippen LogP contribution < -0.4 is 5.32 Å². The maximum absolute atomic E-state index is 9.41. The van der Waals surface area contributed by atoms with Crippen molar-refractivity contribution in [3.05, 3.63) is 0 Å². The Balaban J connectivity index is 2.21. The molecule has 0 radical (unpaired) electrons. The van der Waals surface area contributed by atoms with Gasteiger partial charge in [-0.25, -0.2) is 0 Å². The zero-order chi connectivity index (χ0) is 11.1. The van der Waals surface area contributed by atoms with Gasteiger partial charge in [-0.2, -0.15) is 5.26 Å². The Morgan fingerprint density at radius 1 is 1.47 bits per heavy atom. The van der Waals surface area contributed by atoms with Crippen molar-refractivity contribution in [3.8, 4) is 6.07 Å². The second-order valence-corrected chi connectivity index (χ2v) is 4.43. The number of hydrogen-bond donors (Lipinski definition) is 2. The average Bonchev–Trinajstić information content (AvgIpc) is 2.29. The normalized spacial score (nSPS) is 28.3. The van der Waals surface area contributed by atoms with Crippen LogP contribution in [0.5, 0.6) is 0 Å². The molecule has 3 heteroatoms. The predicted molar refractivity (Wildman–Crippen MR) is 60.3 cm³/mol. The van der Waals surface area contributed by atoms with Gasteiger partial charge >= 0.3 is 0 Å². The van der Waals surface area contributed by atoms with Crippen LogP contribution in [0.15, 0.2) is 0 Å². The van der Waals surface area contributed by atoms with E-state index in [1.54, 1.807) is 0 Å². The molecule has 0 aromatic heterocycles. The smallest absolute Gasteiger partial charge is 0.0672 e. The molecule has 1 rings (SSSR count).